The minimum Gasteiger partial charge on any atom is -0.367 e. The van der Waals surface area contributed by atoms with E-state index >= 15 is 0 Å². The first-order chi connectivity index (χ1) is 15.8. The molecule has 196 valence electrons. The summed E-state index contributed by atoms with van der Waals surface area (Å²) in [5.41, 5.74) is 0.231. The Hall–Kier alpha value is -0.900. The van der Waals surface area contributed by atoms with Gasteiger partial charge in [0.15, 0.2) is 12.4 Å². The molecule has 2 N–H and O–H groups in total. The number of fused-ring (bicyclic) bond motifs is 2. The lowest BCUT2D eigenvalue weighted by atomic mass is 9.63. The van der Waals surface area contributed by atoms with Gasteiger partial charge in [0.1, 0.15) is 5.25 Å². The van der Waals surface area contributed by atoms with Crippen LogP contribution < -0.4 is 0 Å². The monoisotopic (exact) mass is 508 g/mol. The van der Waals surface area contributed by atoms with Crippen molar-refractivity contribution in [2.45, 2.75) is 102 Å². The highest BCUT2D eigenvalue weighted by Crippen LogP contribution is 2.52. The smallest absolute Gasteiger partial charge is 0.367 e. The minimum atomic E-state index is -5.13. The van der Waals surface area contributed by atoms with Crippen LogP contribution >= 0.6 is 0 Å². The van der Waals surface area contributed by atoms with Gasteiger partial charge in [-0.3, -0.25) is 4.55 Å². The quantitative estimate of drug-likeness (QED) is 0.237. The highest BCUT2D eigenvalue weighted by atomic mass is 32.2. The molecule has 0 spiro atoms. The number of hydrogen-bond acceptors (Lipinski definition) is 4. The average molecular weight is 509 g/mol. The van der Waals surface area contributed by atoms with Gasteiger partial charge in [-0.2, -0.15) is 21.6 Å². The van der Waals surface area contributed by atoms with E-state index in [1.807, 2.05) is 26.8 Å². The Morgan fingerprint density at radius 1 is 1.21 bits per heavy atom. The van der Waals surface area contributed by atoms with Gasteiger partial charge in [0.2, 0.25) is 0 Å². The van der Waals surface area contributed by atoms with Crippen molar-refractivity contribution in [3.05, 3.63) is 23.8 Å². The summed E-state index contributed by atoms with van der Waals surface area (Å²) in [5.74, 6) is -1.34. The Balaban J connectivity index is 1.97. The summed E-state index contributed by atoms with van der Waals surface area (Å²) < 4.78 is 83.8. The molecular formula is C25H39F3O5S. The SMILES string of the molecule is C/C=C/C(C)C1CCCCC1C(C(OC(O)C12CCCC(=CC(C)C1)C2)C(F)(F)F)S(=O)(=O)O. The molecule has 2 bridgehead atoms. The molecule has 0 amide bonds. The second-order valence-corrected chi connectivity index (χ2v) is 12.4. The standard InChI is InChI=1S/C25H39F3O5S/c1-4-8-17(3)19-10-5-6-11-20(19)21(34(30,31)32)22(25(26,27)28)33-23(29)24-12-7-9-18(15-24)13-16(2)14-24/h4,8,13,16-17,19-23,29H,5-7,9-12,14-15H2,1-3H3,(H,30,31,32)/b8-4+. The van der Waals surface area contributed by atoms with Crippen LogP contribution in [0.2, 0.25) is 0 Å². The summed E-state index contributed by atoms with van der Waals surface area (Å²) in [6, 6.07) is 0. The normalized spacial score (nSPS) is 34.4. The third kappa shape index (κ3) is 6.08. The summed E-state index contributed by atoms with van der Waals surface area (Å²) in [7, 11) is -5.13. The second kappa shape index (κ2) is 10.6. The topological polar surface area (TPSA) is 83.8 Å². The largest absolute Gasteiger partial charge is 0.416 e. The Morgan fingerprint density at radius 2 is 1.85 bits per heavy atom. The first kappa shape index (κ1) is 27.7. The Labute approximate surface area is 201 Å². The zero-order valence-corrected chi connectivity index (χ0v) is 21.1. The van der Waals surface area contributed by atoms with E-state index in [1.54, 1.807) is 6.08 Å². The average Bonchev–Trinajstić information content (AvgIpc) is 2.71. The molecule has 8 atom stereocenters. The third-order valence-corrected chi connectivity index (χ3v) is 9.52. The number of allylic oxidation sites excluding steroid dienone is 4. The summed E-state index contributed by atoms with van der Waals surface area (Å²) in [4.78, 5) is 0. The van der Waals surface area contributed by atoms with E-state index in [1.165, 1.54) is 0 Å². The molecule has 3 rings (SSSR count). The van der Waals surface area contributed by atoms with Crippen molar-refractivity contribution in [2.75, 3.05) is 0 Å². The molecule has 0 saturated heterocycles. The van der Waals surface area contributed by atoms with E-state index < -0.39 is 45.3 Å². The van der Waals surface area contributed by atoms with Gasteiger partial charge in [-0.05, 0) is 75.5 Å². The van der Waals surface area contributed by atoms with Crippen LogP contribution in [-0.4, -0.2) is 41.9 Å². The third-order valence-electron chi connectivity index (χ3n) is 8.23. The van der Waals surface area contributed by atoms with Gasteiger partial charge in [-0.25, -0.2) is 0 Å². The number of hydrogen-bond donors (Lipinski definition) is 2. The Morgan fingerprint density at radius 3 is 2.44 bits per heavy atom. The van der Waals surface area contributed by atoms with Crippen LogP contribution in [0, 0.1) is 29.1 Å². The van der Waals surface area contributed by atoms with E-state index in [0.29, 0.717) is 32.1 Å². The Kier molecular flexibility index (Phi) is 8.64. The first-order valence-corrected chi connectivity index (χ1v) is 14.0. The fourth-order valence-corrected chi connectivity index (χ4v) is 8.26. The fraction of sp³-hybridized carbons (Fsp3) is 0.840. The molecule has 0 aromatic heterocycles. The zero-order chi connectivity index (χ0) is 25.3. The summed E-state index contributed by atoms with van der Waals surface area (Å²) in [6.07, 6.45) is 1.35. The molecule has 9 heteroatoms. The van der Waals surface area contributed by atoms with Crippen molar-refractivity contribution in [1.82, 2.24) is 0 Å². The number of halogens is 3. The number of aliphatic hydroxyl groups is 1. The van der Waals surface area contributed by atoms with E-state index in [4.69, 9.17) is 4.74 Å². The number of aliphatic hydroxyl groups excluding tert-OH is 1. The van der Waals surface area contributed by atoms with Crippen LogP contribution in [0.3, 0.4) is 0 Å². The Bertz CT molecular complexity index is 868. The number of rotatable bonds is 8. The van der Waals surface area contributed by atoms with Crippen molar-refractivity contribution >= 4 is 10.1 Å². The maximum Gasteiger partial charge on any atom is 0.416 e. The van der Waals surface area contributed by atoms with Gasteiger partial charge in [-0.1, -0.05) is 50.5 Å². The summed E-state index contributed by atoms with van der Waals surface area (Å²) >= 11 is 0. The maximum atomic E-state index is 14.4. The molecule has 2 fully saturated rings. The molecule has 0 radical (unpaired) electrons. The van der Waals surface area contributed by atoms with Crippen LogP contribution in [0.25, 0.3) is 0 Å². The molecule has 0 aromatic carbocycles. The van der Waals surface area contributed by atoms with Crippen molar-refractivity contribution in [1.29, 1.82) is 0 Å². The summed E-state index contributed by atoms with van der Waals surface area (Å²) in [5, 5.41) is 8.88. The van der Waals surface area contributed by atoms with Crippen molar-refractivity contribution in [3.63, 3.8) is 0 Å². The van der Waals surface area contributed by atoms with Crippen LogP contribution in [-0.2, 0) is 14.9 Å². The molecule has 8 unspecified atom stereocenters. The molecule has 5 nitrogen and oxygen atoms in total. The highest BCUT2D eigenvalue weighted by Gasteiger charge is 2.58. The van der Waals surface area contributed by atoms with Crippen molar-refractivity contribution < 1.29 is 36.0 Å². The highest BCUT2D eigenvalue weighted by molar-refractivity contribution is 7.86. The van der Waals surface area contributed by atoms with Gasteiger partial charge >= 0.3 is 6.18 Å². The van der Waals surface area contributed by atoms with Gasteiger partial charge < -0.3 is 9.84 Å². The van der Waals surface area contributed by atoms with Gasteiger partial charge in [-0.15, -0.1) is 0 Å². The molecule has 0 heterocycles. The maximum absolute atomic E-state index is 14.4. The predicted molar refractivity (Wildman–Crippen MR) is 124 cm³/mol. The molecule has 3 aliphatic carbocycles. The fourth-order valence-electron chi connectivity index (χ4n) is 6.95. The van der Waals surface area contributed by atoms with E-state index in [2.05, 4.69) is 6.08 Å². The van der Waals surface area contributed by atoms with E-state index in [-0.39, 0.29) is 24.2 Å². The minimum absolute atomic E-state index is 0.0911. The van der Waals surface area contributed by atoms with Gasteiger partial charge in [0, 0.05) is 5.41 Å². The zero-order valence-electron chi connectivity index (χ0n) is 20.3. The van der Waals surface area contributed by atoms with Gasteiger partial charge in [0.05, 0.1) is 0 Å². The van der Waals surface area contributed by atoms with Crippen molar-refractivity contribution in [2.24, 2.45) is 29.1 Å². The van der Waals surface area contributed by atoms with E-state index in [9.17, 15) is 31.2 Å². The molecule has 2 saturated carbocycles. The summed E-state index contributed by atoms with van der Waals surface area (Å²) in [6.45, 7) is 5.63. The lowest BCUT2D eigenvalue weighted by Crippen LogP contribution is -2.56. The van der Waals surface area contributed by atoms with Crippen molar-refractivity contribution in [3.8, 4) is 0 Å². The first-order valence-electron chi connectivity index (χ1n) is 12.5. The second-order valence-electron chi connectivity index (χ2n) is 10.8. The molecule has 3 aliphatic rings. The van der Waals surface area contributed by atoms with E-state index in [0.717, 1.165) is 24.8 Å². The van der Waals surface area contributed by atoms with Crippen LogP contribution in [0.1, 0.15) is 78.6 Å². The number of ether oxygens (including phenoxy) is 1. The lowest BCUT2D eigenvalue weighted by Gasteiger charge is -2.48. The van der Waals surface area contributed by atoms with Crippen LogP contribution in [0.5, 0.6) is 0 Å². The number of alkyl halides is 3. The molecule has 0 aromatic rings. The van der Waals surface area contributed by atoms with Crippen LogP contribution in [0.4, 0.5) is 13.2 Å². The van der Waals surface area contributed by atoms with Gasteiger partial charge in [0.25, 0.3) is 10.1 Å². The lowest BCUT2D eigenvalue weighted by molar-refractivity contribution is -0.293. The molecular weight excluding hydrogens is 469 g/mol. The molecule has 0 aliphatic heterocycles. The molecule has 34 heavy (non-hydrogen) atoms. The van der Waals surface area contributed by atoms with Crippen LogP contribution in [0.15, 0.2) is 23.8 Å². The predicted octanol–water partition coefficient (Wildman–Crippen LogP) is 6.05.